The topological polar surface area (TPSA) is 110 Å². The lowest BCUT2D eigenvalue weighted by Crippen LogP contribution is -2.41. The fourth-order valence-corrected chi connectivity index (χ4v) is 5.54. The lowest BCUT2D eigenvalue weighted by Gasteiger charge is -2.21. The molecule has 6 rings (SSSR count). The van der Waals surface area contributed by atoms with Crippen LogP contribution in [0.1, 0.15) is 24.4 Å². The molecule has 1 aliphatic carbocycles. The second-order valence-electron chi connectivity index (χ2n) is 9.74. The Kier molecular flexibility index (Phi) is 6.08. The summed E-state index contributed by atoms with van der Waals surface area (Å²) in [5.74, 6) is -0.459. The number of hydrogen-bond donors (Lipinski definition) is 2. The fourth-order valence-electron chi connectivity index (χ4n) is 5.09. The molecule has 12 heteroatoms. The zero-order valence-electron chi connectivity index (χ0n) is 21.1. The van der Waals surface area contributed by atoms with E-state index in [1.807, 2.05) is 22.6 Å². The Morgan fingerprint density at radius 3 is 2.44 bits per heavy atom. The SMILES string of the molecule is Cc1c(=O)n(C)c(Nc2ccc(I)cc2F)c2c(=O)n(C3CC3)c(=O)n(-c3cccc(N4CCNC4=O)c3)c12. The first-order valence-electron chi connectivity index (χ1n) is 12.5. The average molecular weight is 642 g/mol. The lowest BCUT2D eigenvalue weighted by atomic mass is 10.1. The Morgan fingerprint density at radius 1 is 1.03 bits per heavy atom. The van der Waals surface area contributed by atoms with E-state index in [0.717, 1.165) is 0 Å². The minimum absolute atomic E-state index is 0.0870. The van der Waals surface area contributed by atoms with E-state index in [4.69, 9.17) is 0 Å². The highest BCUT2D eigenvalue weighted by molar-refractivity contribution is 14.1. The molecule has 1 aliphatic heterocycles. The van der Waals surface area contributed by atoms with E-state index in [1.165, 1.54) is 32.9 Å². The largest absolute Gasteiger partial charge is 0.338 e. The Balaban J connectivity index is 1.69. The molecule has 0 unspecified atom stereocenters. The van der Waals surface area contributed by atoms with Crippen LogP contribution in [0.4, 0.5) is 26.4 Å². The molecule has 1 saturated heterocycles. The molecule has 0 spiro atoms. The molecule has 0 radical (unpaired) electrons. The van der Waals surface area contributed by atoms with E-state index >= 15 is 0 Å². The summed E-state index contributed by atoms with van der Waals surface area (Å²) in [6.07, 6.45) is 1.35. The highest BCUT2D eigenvalue weighted by Crippen LogP contribution is 2.34. The van der Waals surface area contributed by atoms with Gasteiger partial charge in [0, 0.05) is 41.0 Å². The molecule has 10 nitrogen and oxygen atoms in total. The number of aryl methyl sites for hydroxylation is 1. The van der Waals surface area contributed by atoms with Crippen LogP contribution in [0.5, 0.6) is 0 Å². The predicted octanol–water partition coefficient (Wildman–Crippen LogP) is 3.51. The van der Waals surface area contributed by atoms with E-state index in [9.17, 15) is 23.6 Å². The zero-order valence-corrected chi connectivity index (χ0v) is 23.3. The molecule has 3 heterocycles. The number of nitrogens with one attached hydrogen (secondary N) is 2. The standard InChI is InChI=1S/C27H24FIN6O4/c1-14-22-21(23(32(2)24(14)36)31-20-9-6-15(29)12-19(20)28)25(37)35(16-7-8-16)27(39)34(22)18-5-3-4-17(13-18)33-11-10-30-26(33)38/h3-6,9,12-13,16,31H,7-8,10-11H2,1-2H3,(H,30,38). The molecular weight excluding hydrogens is 618 g/mol. The molecule has 0 bridgehead atoms. The fraction of sp³-hybridized carbons (Fsp3) is 0.259. The molecule has 200 valence electrons. The quantitative estimate of drug-likeness (QED) is 0.324. The van der Waals surface area contributed by atoms with Crippen molar-refractivity contribution < 1.29 is 9.18 Å². The van der Waals surface area contributed by atoms with Gasteiger partial charge in [0.05, 0.1) is 16.9 Å². The third-order valence-corrected chi connectivity index (χ3v) is 7.87. The molecule has 1 saturated carbocycles. The van der Waals surface area contributed by atoms with Crippen molar-refractivity contribution in [2.45, 2.75) is 25.8 Å². The number of benzene rings is 2. The number of pyridine rings is 1. The van der Waals surface area contributed by atoms with Gasteiger partial charge in [0.2, 0.25) is 0 Å². The highest BCUT2D eigenvalue weighted by atomic mass is 127. The first-order valence-corrected chi connectivity index (χ1v) is 13.5. The van der Waals surface area contributed by atoms with Crippen molar-refractivity contribution >= 4 is 56.7 Å². The van der Waals surface area contributed by atoms with Gasteiger partial charge in [-0.2, -0.15) is 0 Å². The van der Waals surface area contributed by atoms with E-state index in [2.05, 4.69) is 10.6 Å². The van der Waals surface area contributed by atoms with Crippen molar-refractivity contribution in [2.24, 2.45) is 7.05 Å². The summed E-state index contributed by atoms with van der Waals surface area (Å²) >= 11 is 2.00. The summed E-state index contributed by atoms with van der Waals surface area (Å²) in [5.41, 5.74) is -0.150. The number of aromatic nitrogens is 3. The number of nitrogens with zero attached hydrogens (tertiary/aromatic N) is 4. The Hall–Kier alpha value is -3.94. The van der Waals surface area contributed by atoms with E-state index in [0.29, 0.717) is 40.9 Å². The van der Waals surface area contributed by atoms with Crippen LogP contribution in [0, 0.1) is 16.3 Å². The van der Waals surface area contributed by atoms with Crippen molar-refractivity contribution in [1.82, 2.24) is 19.0 Å². The maximum atomic E-state index is 14.9. The van der Waals surface area contributed by atoms with Crippen LogP contribution in [-0.2, 0) is 7.05 Å². The van der Waals surface area contributed by atoms with Gasteiger partial charge in [0.1, 0.15) is 17.0 Å². The van der Waals surface area contributed by atoms with Gasteiger partial charge in [-0.15, -0.1) is 0 Å². The number of fused-ring (bicyclic) bond motifs is 1. The van der Waals surface area contributed by atoms with E-state index in [-0.39, 0.29) is 40.0 Å². The second-order valence-corrected chi connectivity index (χ2v) is 11.0. The number of urea groups is 1. The summed E-state index contributed by atoms with van der Waals surface area (Å²) in [4.78, 5) is 55.2. The molecular formula is C27H24FIN6O4. The van der Waals surface area contributed by atoms with Crippen molar-refractivity contribution in [2.75, 3.05) is 23.3 Å². The van der Waals surface area contributed by atoms with E-state index < -0.39 is 22.6 Å². The van der Waals surface area contributed by atoms with Gasteiger partial charge >= 0.3 is 11.7 Å². The number of halogens is 2. The normalized spacial score (nSPS) is 15.2. The van der Waals surface area contributed by atoms with Crippen molar-refractivity contribution in [3.05, 3.63) is 88.6 Å². The number of hydrogen-bond acceptors (Lipinski definition) is 5. The van der Waals surface area contributed by atoms with Gasteiger partial charge in [-0.05, 0) is 78.8 Å². The molecule has 2 fully saturated rings. The summed E-state index contributed by atoms with van der Waals surface area (Å²) in [6.45, 7) is 2.53. The molecule has 2 aliphatic rings. The summed E-state index contributed by atoms with van der Waals surface area (Å²) < 4.78 is 19.4. The maximum Gasteiger partial charge on any atom is 0.336 e. The van der Waals surface area contributed by atoms with Crippen molar-refractivity contribution in [3.63, 3.8) is 0 Å². The number of rotatable bonds is 5. The molecule has 2 aromatic heterocycles. The van der Waals surface area contributed by atoms with Crippen LogP contribution in [-0.4, -0.2) is 32.8 Å². The van der Waals surface area contributed by atoms with Crippen molar-refractivity contribution in [1.29, 1.82) is 0 Å². The summed E-state index contributed by atoms with van der Waals surface area (Å²) in [7, 11) is 1.50. The number of anilines is 3. The highest BCUT2D eigenvalue weighted by Gasteiger charge is 2.32. The molecule has 2 amide bonds. The first kappa shape index (κ1) is 25.3. The third-order valence-electron chi connectivity index (χ3n) is 7.20. The molecule has 2 N–H and O–H groups in total. The van der Waals surface area contributed by atoms with Crippen LogP contribution in [0.15, 0.2) is 56.8 Å². The van der Waals surface area contributed by atoms with Crippen LogP contribution in [0.2, 0.25) is 0 Å². The first-order chi connectivity index (χ1) is 18.7. The van der Waals surface area contributed by atoms with Gasteiger partial charge < -0.3 is 10.6 Å². The minimum atomic E-state index is -0.569. The summed E-state index contributed by atoms with van der Waals surface area (Å²) in [6, 6.07) is 10.9. The lowest BCUT2D eigenvalue weighted by molar-refractivity contribution is 0.252. The molecule has 2 aromatic carbocycles. The van der Waals surface area contributed by atoms with Gasteiger partial charge in [0.25, 0.3) is 11.1 Å². The maximum absolute atomic E-state index is 14.9. The van der Waals surface area contributed by atoms with E-state index in [1.54, 1.807) is 42.2 Å². The average Bonchev–Trinajstić information content (AvgIpc) is 3.65. The van der Waals surface area contributed by atoms with Gasteiger partial charge in [-0.25, -0.2) is 14.0 Å². The minimum Gasteiger partial charge on any atom is -0.338 e. The van der Waals surface area contributed by atoms with Gasteiger partial charge in [0.15, 0.2) is 0 Å². The molecule has 39 heavy (non-hydrogen) atoms. The number of amides is 2. The smallest absolute Gasteiger partial charge is 0.336 e. The monoisotopic (exact) mass is 642 g/mol. The second kappa shape index (κ2) is 9.36. The van der Waals surface area contributed by atoms with Gasteiger partial charge in [-0.1, -0.05) is 6.07 Å². The Labute approximate surface area is 234 Å². The third kappa shape index (κ3) is 4.13. The van der Waals surface area contributed by atoms with Crippen molar-refractivity contribution in [3.8, 4) is 5.69 Å². The Morgan fingerprint density at radius 2 is 1.77 bits per heavy atom. The Bertz CT molecular complexity index is 1870. The number of carbonyl (C=O) groups excluding carboxylic acids is 1. The van der Waals surface area contributed by atoms with Crippen LogP contribution in [0.3, 0.4) is 0 Å². The summed E-state index contributed by atoms with van der Waals surface area (Å²) in [5, 5.41) is 5.82. The molecule has 0 atom stereocenters. The zero-order chi connectivity index (χ0) is 27.6. The van der Waals surface area contributed by atoms with Crippen LogP contribution < -0.4 is 32.3 Å². The number of carbonyl (C=O) groups is 1. The van der Waals surface area contributed by atoms with Crippen LogP contribution >= 0.6 is 22.6 Å². The predicted molar refractivity (Wildman–Crippen MR) is 155 cm³/mol. The van der Waals surface area contributed by atoms with Crippen LogP contribution in [0.25, 0.3) is 16.6 Å². The van der Waals surface area contributed by atoms with Gasteiger partial charge in [-0.3, -0.25) is 28.2 Å². The molecule has 4 aromatic rings.